The van der Waals surface area contributed by atoms with E-state index in [0.717, 1.165) is 0 Å². The molecule has 0 amide bonds. The number of epoxide rings is 1. The maximum absolute atomic E-state index is 5.67. The van der Waals surface area contributed by atoms with Gasteiger partial charge in [-0.05, 0) is 49.6 Å². The van der Waals surface area contributed by atoms with E-state index in [4.69, 9.17) is 4.74 Å². The lowest BCUT2D eigenvalue weighted by molar-refractivity contribution is 0.325. The van der Waals surface area contributed by atoms with E-state index in [9.17, 15) is 0 Å². The zero-order valence-corrected chi connectivity index (χ0v) is 10.1. The van der Waals surface area contributed by atoms with E-state index in [0.29, 0.717) is 6.10 Å². The van der Waals surface area contributed by atoms with Crippen LogP contribution in [0, 0.1) is 0 Å². The summed E-state index contributed by atoms with van der Waals surface area (Å²) in [5.74, 6) is 1.28. The van der Waals surface area contributed by atoms with E-state index < -0.39 is 0 Å². The van der Waals surface area contributed by atoms with Crippen LogP contribution >= 0.6 is 11.8 Å². The van der Waals surface area contributed by atoms with Gasteiger partial charge in [-0.2, -0.15) is 0 Å². The molecule has 1 aromatic carbocycles. The summed E-state index contributed by atoms with van der Waals surface area (Å²) in [5, 5.41) is 0. The maximum Gasteiger partial charge on any atom is 0.112 e. The molecule has 1 atom stereocenters. The molecule has 1 aromatic rings. The highest BCUT2D eigenvalue weighted by molar-refractivity contribution is 7.99. The lowest BCUT2D eigenvalue weighted by Crippen LogP contribution is -2.01. The van der Waals surface area contributed by atoms with Crippen LogP contribution in [0.5, 0.6) is 0 Å². The zero-order chi connectivity index (χ0) is 10.5. The van der Waals surface area contributed by atoms with Gasteiger partial charge in [-0.25, -0.2) is 0 Å². The molecule has 15 heavy (non-hydrogen) atoms. The molecule has 0 aromatic heterocycles. The first-order valence-electron chi connectivity index (χ1n) is 5.60. The van der Waals surface area contributed by atoms with E-state index in [1.807, 2.05) is 11.8 Å². The van der Waals surface area contributed by atoms with Crippen LogP contribution in [0.1, 0.15) is 37.5 Å². The van der Waals surface area contributed by atoms with Gasteiger partial charge in [0.05, 0.1) is 5.60 Å². The monoisotopic (exact) mass is 220 g/mol. The average molecular weight is 220 g/mol. The summed E-state index contributed by atoms with van der Waals surface area (Å²) in [6, 6.07) is 6.85. The number of ether oxygens (including phenoxy) is 1. The van der Waals surface area contributed by atoms with Crippen molar-refractivity contribution in [3.8, 4) is 0 Å². The quantitative estimate of drug-likeness (QED) is 0.671. The fourth-order valence-corrected chi connectivity index (χ4v) is 3.30. The van der Waals surface area contributed by atoms with Crippen molar-refractivity contribution >= 4 is 11.8 Å². The number of fused-ring (bicyclic) bond motifs is 1. The van der Waals surface area contributed by atoms with Gasteiger partial charge in [0.1, 0.15) is 6.10 Å². The van der Waals surface area contributed by atoms with E-state index in [1.165, 1.54) is 34.6 Å². The van der Waals surface area contributed by atoms with Crippen molar-refractivity contribution in [2.24, 2.45) is 0 Å². The number of hydrogen-bond donors (Lipinski definition) is 0. The van der Waals surface area contributed by atoms with Crippen molar-refractivity contribution in [3.63, 3.8) is 0 Å². The number of thioether (sulfide) groups is 1. The molecule has 0 radical (unpaired) electrons. The maximum atomic E-state index is 5.67. The Bertz CT molecular complexity index is 398. The molecule has 0 bridgehead atoms. The van der Waals surface area contributed by atoms with Crippen molar-refractivity contribution in [3.05, 3.63) is 29.3 Å². The van der Waals surface area contributed by atoms with Crippen LogP contribution in [0.3, 0.4) is 0 Å². The fraction of sp³-hybridized carbons (Fsp3) is 0.538. The molecular formula is C13H16OS. The van der Waals surface area contributed by atoms with Crippen LogP contribution < -0.4 is 0 Å². The Balaban J connectivity index is 1.92. The predicted octanol–water partition coefficient (Wildman–Crippen LogP) is 3.57. The highest BCUT2D eigenvalue weighted by Gasteiger charge is 2.48. The second-order valence-electron chi connectivity index (χ2n) is 4.92. The molecule has 2 heterocycles. The second-order valence-corrected chi connectivity index (χ2v) is 6.06. The summed E-state index contributed by atoms with van der Waals surface area (Å²) < 4.78 is 5.67. The molecular weight excluding hydrogens is 204 g/mol. The van der Waals surface area contributed by atoms with Crippen LogP contribution in [0.25, 0.3) is 0 Å². The molecule has 1 fully saturated rings. The summed E-state index contributed by atoms with van der Waals surface area (Å²) in [4.78, 5) is 1.48. The zero-order valence-electron chi connectivity index (χ0n) is 9.25. The van der Waals surface area contributed by atoms with Crippen molar-refractivity contribution in [1.82, 2.24) is 0 Å². The minimum atomic E-state index is 0.0655. The van der Waals surface area contributed by atoms with Crippen LogP contribution in [-0.2, 0) is 11.2 Å². The SMILES string of the molecule is CC1(C)OC1c1ccc2c(c1)CCCS2. The molecule has 0 saturated carbocycles. The molecule has 3 rings (SSSR count). The standard InChI is InChI=1S/C13H16OS/c1-13(2)12(14-13)10-5-6-11-9(8-10)4-3-7-15-11/h5-6,8,12H,3-4,7H2,1-2H3. The number of benzene rings is 1. The largest absolute Gasteiger partial charge is 0.362 e. The highest BCUT2D eigenvalue weighted by Crippen LogP contribution is 2.49. The van der Waals surface area contributed by atoms with Gasteiger partial charge < -0.3 is 4.74 Å². The summed E-state index contributed by atoms with van der Waals surface area (Å²) in [6.07, 6.45) is 2.88. The molecule has 1 unspecified atom stereocenters. The topological polar surface area (TPSA) is 12.5 Å². The molecule has 1 saturated heterocycles. The van der Waals surface area contributed by atoms with Gasteiger partial charge in [0, 0.05) is 4.90 Å². The van der Waals surface area contributed by atoms with Gasteiger partial charge in [0.25, 0.3) is 0 Å². The van der Waals surface area contributed by atoms with Crippen LogP contribution in [-0.4, -0.2) is 11.4 Å². The number of aryl methyl sites for hydroxylation is 1. The van der Waals surface area contributed by atoms with Crippen LogP contribution in [0.15, 0.2) is 23.1 Å². The number of hydrogen-bond acceptors (Lipinski definition) is 2. The van der Waals surface area contributed by atoms with Gasteiger partial charge >= 0.3 is 0 Å². The van der Waals surface area contributed by atoms with E-state index in [1.54, 1.807) is 0 Å². The molecule has 0 spiro atoms. The smallest absolute Gasteiger partial charge is 0.112 e. The Labute approximate surface area is 95.2 Å². The van der Waals surface area contributed by atoms with Crippen molar-refractivity contribution < 1.29 is 4.74 Å². The van der Waals surface area contributed by atoms with E-state index >= 15 is 0 Å². The third-order valence-electron chi connectivity index (χ3n) is 3.23. The lowest BCUT2D eigenvalue weighted by atomic mass is 9.99. The van der Waals surface area contributed by atoms with Crippen molar-refractivity contribution in [2.45, 2.75) is 43.3 Å². The second kappa shape index (κ2) is 3.26. The molecule has 2 heteroatoms. The van der Waals surface area contributed by atoms with E-state index in [-0.39, 0.29) is 5.60 Å². The van der Waals surface area contributed by atoms with Gasteiger partial charge in [-0.1, -0.05) is 12.1 Å². The molecule has 2 aliphatic heterocycles. The first-order chi connectivity index (χ1) is 7.17. The molecule has 0 N–H and O–H groups in total. The van der Waals surface area contributed by atoms with E-state index in [2.05, 4.69) is 32.0 Å². The third kappa shape index (κ3) is 1.70. The molecule has 1 nitrogen and oxygen atoms in total. The Morgan fingerprint density at radius 1 is 1.40 bits per heavy atom. The first kappa shape index (κ1) is 9.73. The highest BCUT2D eigenvalue weighted by atomic mass is 32.2. The van der Waals surface area contributed by atoms with Crippen LogP contribution in [0.2, 0.25) is 0 Å². The van der Waals surface area contributed by atoms with Gasteiger partial charge in [-0.3, -0.25) is 0 Å². The Morgan fingerprint density at radius 2 is 2.20 bits per heavy atom. The normalized spacial score (nSPS) is 27.2. The molecule has 0 aliphatic carbocycles. The van der Waals surface area contributed by atoms with Gasteiger partial charge in [-0.15, -0.1) is 11.8 Å². The summed E-state index contributed by atoms with van der Waals surface area (Å²) in [5.41, 5.74) is 2.95. The first-order valence-corrected chi connectivity index (χ1v) is 6.59. The predicted molar refractivity (Wildman–Crippen MR) is 63.4 cm³/mol. The third-order valence-corrected chi connectivity index (χ3v) is 4.43. The summed E-state index contributed by atoms with van der Waals surface area (Å²) in [7, 11) is 0. The minimum absolute atomic E-state index is 0.0655. The number of rotatable bonds is 1. The van der Waals surface area contributed by atoms with Crippen LogP contribution in [0.4, 0.5) is 0 Å². The fourth-order valence-electron chi connectivity index (χ4n) is 2.28. The molecule has 80 valence electrons. The summed E-state index contributed by atoms with van der Waals surface area (Å²) >= 11 is 1.99. The average Bonchev–Trinajstić information content (AvgIpc) is 2.87. The van der Waals surface area contributed by atoms with Gasteiger partial charge in [0.2, 0.25) is 0 Å². The van der Waals surface area contributed by atoms with Gasteiger partial charge in [0.15, 0.2) is 0 Å². The Morgan fingerprint density at radius 3 is 2.93 bits per heavy atom. The Kier molecular flexibility index (Phi) is 2.12. The minimum Gasteiger partial charge on any atom is -0.362 e. The van der Waals surface area contributed by atoms with Crippen molar-refractivity contribution in [2.75, 3.05) is 5.75 Å². The summed E-state index contributed by atoms with van der Waals surface area (Å²) in [6.45, 7) is 4.32. The van der Waals surface area contributed by atoms with Crippen molar-refractivity contribution in [1.29, 1.82) is 0 Å². The lowest BCUT2D eigenvalue weighted by Gasteiger charge is -2.15. The molecule has 2 aliphatic rings. The Hall–Kier alpha value is -0.470.